The summed E-state index contributed by atoms with van der Waals surface area (Å²) in [7, 11) is 0. The molecule has 2 amide bonds. The highest BCUT2D eigenvalue weighted by Gasteiger charge is 2.25. The van der Waals surface area contributed by atoms with Crippen LogP contribution in [0.4, 0.5) is 10.5 Å². The van der Waals surface area contributed by atoms with Gasteiger partial charge in [-0.15, -0.1) is 0 Å². The van der Waals surface area contributed by atoms with E-state index in [1.807, 2.05) is 35.4 Å². The summed E-state index contributed by atoms with van der Waals surface area (Å²) in [4.78, 5) is 21.1. The summed E-state index contributed by atoms with van der Waals surface area (Å²) in [5, 5.41) is 3.04. The number of nitrogens with one attached hydrogen (secondary N) is 1. The van der Waals surface area contributed by atoms with Crippen LogP contribution in [-0.2, 0) is 6.42 Å². The van der Waals surface area contributed by atoms with Gasteiger partial charge < -0.3 is 15.0 Å². The summed E-state index contributed by atoms with van der Waals surface area (Å²) in [6.07, 6.45) is 5.75. The van der Waals surface area contributed by atoms with E-state index >= 15 is 0 Å². The van der Waals surface area contributed by atoms with Gasteiger partial charge in [0.15, 0.2) is 0 Å². The Morgan fingerprint density at radius 2 is 2.07 bits per heavy atom. The first-order valence-corrected chi connectivity index (χ1v) is 9.66. The molecule has 27 heavy (non-hydrogen) atoms. The summed E-state index contributed by atoms with van der Waals surface area (Å²) in [6.45, 7) is 6.15. The van der Waals surface area contributed by atoms with Crippen LogP contribution < -0.4 is 10.1 Å². The Bertz CT molecular complexity index is 788. The molecule has 0 spiro atoms. The average molecular weight is 366 g/mol. The number of piperazine rings is 1. The van der Waals surface area contributed by atoms with Gasteiger partial charge in [-0.25, -0.2) is 4.79 Å². The lowest BCUT2D eigenvalue weighted by atomic mass is 10.1. The van der Waals surface area contributed by atoms with Crippen LogP contribution in [0.2, 0.25) is 0 Å². The van der Waals surface area contributed by atoms with E-state index in [0.29, 0.717) is 6.04 Å². The maximum Gasteiger partial charge on any atom is 0.321 e. The quantitative estimate of drug-likeness (QED) is 0.905. The molecule has 2 aliphatic heterocycles. The zero-order chi connectivity index (χ0) is 18.6. The lowest BCUT2D eigenvalue weighted by molar-refractivity contribution is 0.119. The van der Waals surface area contributed by atoms with Crippen molar-refractivity contribution in [3.05, 3.63) is 53.9 Å². The van der Waals surface area contributed by atoms with Crippen LogP contribution in [0.1, 0.15) is 30.5 Å². The molecular formula is C21H26N4O2. The van der Waals surface area contributed by atoms with E-state index in [1.165, 1.54) is 11.1 Å². The predicted octanol–water partition coefficient (Wildman–Crippen LogP) is 3.32. The molecule has 1 fully saturated rings. The van der Waals surface area contributed by atoms with Gasteiger partial charge in [0.1, 0.15) is 5.75 Å². The van der Waals surface area contributed by atoms with Crippen LogP contribution in [0, 0.1) is 0 Å². The monoisotopic (exact) mass is 366 g/mol. The van der Waals surface area contributed by atoms with Gasteiger partial charge >= 0.3 is 6.03 Å². The number of urea groups is 1. The number of carbonyl (C=O) groups excluding carboxylic acids is 1. The highest BCUT2D eigenvalue weighted by atomic mass is 16.5. The van der Waals surface area contributed by atoms with Gasteiger partial charge in [0.05, 0.1) is 6.61 Å². The Hall–Kier alpha value is -2.60. The lowest BCUT2D eigenvalue weighted by Gasteiger charge is -2.38. The number of pyridine rings is 1. The molecule has 3 heterocycles. The van der Waals surface area contributed by atoms with Crippen molar-refractivity contribution in [3.63, 3.8) is 0 Å². The van der Waals surface area contributed by atoms with Crippen molar-refractivity contribution in [2.75, 3.05) is 38.1 Å². The zero-order valence-electron chi connectivity index (χ0n) is 15.7. The molecule has 0 radical (unpaired) electrons. The largest absolute Gasteiger partial charge is 0.493 e. The van der Waals surface area contributed by atoms with E-state index in [1.54, 1.807) is 6.20 Å². The first kappa shape index (κ1) is 17.8. The Morgan fingerprint density at radius 3 is 2.85 bits per heavy atom. The minimum atomic E-state index is -0.0274. The van der Waals surface area contributed by atoms with Crippen LogP contribution in [0.15, 0.2) is 42.7 Å². The number of aromatic nitrogens is 1. The fourth-order valence-corrected chi connectivity index (χ4v) is 3.79. The fraction of sp³-hybridized carbons (Fsp3) is 0.429. The summed E-state index contributed by atoms with van der Waals surface area (Å²) in [5.74, 6) is 0.942. The summed E-state index contributed by atoms with van der Waals surface area (Å²) in [5.41, 5.74) is 3.23. The van der Waals surface area contributed by atoms with Crippen LogP contribution in [0.25, 0.3) is 0 Å². The number of benzene rings is 1. The van der Waals surface area contributed by atoms with E-state index in [2.05, 4.69) is 28.2 Å². The number of amides is 2. The number of hydrogen-bond donors (Lipinski definition) is 1. The van der Waals surface area contributed by atoms with Crippen molar-refractivity contribution in [2.24, 2.45) is 0 Å². The molecule has 1 saturated heterocycles. The highest BCUT2D eigenvalue weighted by Crippen LogP contribution is 2.28. The first-order valence-electron chi connectivity index (χ1n) is 9.66. The van der Waals surface area contributed by atoms with Crippen molar-refractivity contribution in [2.45, 2.75) is 25.8 Å². The van der Waals surface area contributed by atoms with Crippen molar-refractivity contribution in [1.29, 1.82) is 0 Å². The van der Waals surface area contributed by atoms with Crippen LogP contribution in [0.5, 0.6) is 5.75 Å². The number of anilines is 1. The third kappa shape index (κ3) is 4.06. The third-order valence-corrected chi connectivity index (χ3v) is 5.48. The third-order valence-electron chi connectivity index (χ3n) is 5.48. The van der Waals surface area contributed by atoms with Gasteiger partial charge in [0.25, 0.3) is 0 Å². The van der Waals surface area contributed by atoms with Crippen molar-refractivity contribution in [1.82, 2.24) is 14.8 Å². The maximum atomic E-state index is 12.6. The fourth-order valence-electron chi connectivity index (χ4n) is 3.79. The molecule has 1 atom stereocenters. The van der Waals surface area contributed by atoms with Gasteiger partial charge in [-0.2, -0.15) is 0 Å². The molecule has 4 rings (SSSR count). The van der Waals surface area contributed by atoms with Crippen LogP contribution in [0.3, 0.4) is 0 Å². The number of nitrogens with zero attached hydrogens (tertiary/aromatic N) is 3. The minimum absolute atomic E-state index is 0.0274. The summed E-state index contributed by atoms with van der Waals surface area (Å²) >= 11 is 0. The number of carbonyl (C=O) groups is 1. The van der Waals surface area contributed by atoms with Crippen LogP contribution in [-0.4, -0.2) is 53.6 Å². The van der Waals surface area contributed by atoms with E-state index in [9.17, 15) is 4.79 Å². The van der Waals surface area contributed by atoms with E-state index < -0.39 is 0 Å². The molecule has 6 nitrogen and oxygen atoms in total. The smallest absolute Gasteiger partial charge is 0.321 e. The van der Waals surface area contributed by atoms with Gasteiger partial charge in [0.2, 0.25) is 0 Å². The molecule has 2 aliphatic rings. The Balaban J connectivity index is 1.32. The molecule has 6 heteroatoms. The van der Waals surface area contributed by atoms with Gasteiger partial charge in [-0.1, -0.05) is 6.07 Å². The Labute approximate surface area is 160 Å². The van der Waals surface area contributed by atoms with Gasteiger partial charge in [-0.3, -0.25) is 9.88 Å². The number of ether oxygens (including phenoxy) is 1. The summed E-state index contributed by atoms with van der Waals surface area (Å²) in [6, 6.07) is 10.3. The molecule has 142 valence electrons. The second-order valence-electron chi connectivity index (χ2n) is 7.19. The second-order valence-corrected chi connectivity index (χ2v) is 7.19. The number of aryl methyl sites for hydroxylation is 1. The topological polar surface area (TPSA) is 57.7 Å². The number of fused-ring (bicyclic) bond motifs is 1. The first-order chi connectivity index (χ1) is 13.2. The molecule has 0 saturated carbocycles. The highest BCUT2D eigenvalue weighted by molar-refractivity contribution is 5.89. The Morgan fingerprint density at radius 1 is 1.22 bits per heavy atom. The van der Waals surface area contributed by atoms with Crippen molar-refractivity contribution in [3.8, 4) is 5.75 Å². The second kappa shape index (κ2) is 7.96. The SMILES string of the molecule is CC(c1cccnc1)N1CCN(C(=O)Nc2ccc3c(c2)CCCO3)CC1. The lowest BCUT2D eigenvalue weighted by Crippen LogP contribution is -2.50. The average Bonchev–Trinajstić information content (AvgIpc) is 2.74. The zero-order valence-corrected chi connectivity index (χ0v) is 15.7. The minimum Gasteiger partial charge on any atom is -0.493 e. The predicted molar refractivity (Wildman–Crippen MR) is 105 cm³/mol. The Kier molecular flexibility index (Phi) is 5.25. The van der Waals surface area contributed by atoms with E-state index in [-0.39, 0.29) is 6.03 Å². The van der Waals surface area contributed by atoms with E-state index in [4.69, 9.17) is 4.74 Å². The van der Waals surface area contributed by atoms with Crippen molar-refractivity contribution < 1.29 is 9.53 Å². The number of rotatable bonds is 3. The van der Waals surface area contributed by atoms with Crippen molar-refractivity contribution >= 4 is 11.7 Å². The van der Waals surface area contributed by atoms with E-state index in [0.717, 1.165) is 57.1 Å². The molecule has 1 aromatic heterocycles. The normalized spacial score (nSPS) is 18.3. The molecular weight excluding hydrogens is 340 g/mol. The maximum absolute atomic E-state index is 12.6. The standard InChI is InChI=1S/C21H26N4O2/c1-16(18-4-2-8-22-15-18)24-9-11-25(12-10-24)21(26)23-19-6-7-20-17(14-19)5-3-13-27-20/h2,4,6-8,14-16H,3,5,9-13H2,1H3,(H,23,26). The van der Waals surface area contributed by atoms with Gasteiger partial charge in [0, 0.05) is 50.3 Å². The summed E-state index contributed by atoms with van der Waals surface area (Å²) < 4.78 is 5.64. The van der Waals surface area contributed by atoms with Crippen LogP contribution >= 0.6 is 0 Å². The molecule has 1 aromatic carbocycles. The number of hydrogen-bond acceptors (Lipinski definition) is 4. The molecule has 1 N–H and O–H groups in total. The molecule has 2 aromatic rings. The van der Waals surface area contributed by atoms with Gasteiger partial charge in [-0.05, 0) is 55.2 Å². The molecule has 1 unspecified atom stereocenters. The molecule has 0 aliphatic carbocycles. The molecule has 0 bridgehead atoms.